The molecule has 1 aliphatic carbocycles. The smallest absolute Gasteiger partial charge is 1.00 e. The van der Waals surface area contributed by atoms with Crippen LogP contribution in [0.4, 0.5) is 0 Å². The molecule has 8 heteroatoms. The van der Waals surface area contributed by atoms with E-state index in [1.165, 1.54) is 0 Å². The van der Waals surface area contributed by atoms with Gasteiger partial charge in [0.15, 0.2) is 0 Å². The number of hydrogen-bond donors (Lipinski definition) is 0. The van der Waals surface area contributed by atoms with E-state index in [0.29, 0.717) is 0 Å². The first-order chi connectivity index (χ1) is 13.9. The first-order valence-electron chi connectivity index (χ1n) is 12.1. The predicted octanol–water partition coefficient (Wildman–Crippen LogP) is 4.52. The van der Waals surface area contributed by atoms with E-state index in [2.05, 4.69) is 133 Å². The third kappa shape index (κ3) is 10.1. The van der Waals surface area contributed by atoms with Crippen molar-refractivity contribution in [1.29, 1.82) is 0 Å². The molecule has 1 aliphatic rings. The summed E-state index contributed by atoms with van der Waals surface area (Å²) >= 11 is -2.67. The van der Waals surface area contributed by atoms with Crippen LogP contribution >= 0.6 is 0 Å². The summed E-state index contributed by atoms with van der Waals surface area (Å²) in [5.41, 5.74) is -0.321. The summed E-state index contributed by atoms with van der Waals surface area (Å²) < 4.78 is 21.4. The zero-order valence-electron chi connectivity index (χ0n) is 24.5. The molecule has 0 radical (unpaired) electrons. The molecule has 0 aromatic rings. The molecule has 194 valence electrons. The Morgan fingerprint density at radius 3 is 1.24 bits per heavy atom. The van der Waals surface area contributed by atoms with E-state index < -0.39 is 39.3 Å². The predicted molar refractivity (Wildman–Crippen MR) is 142 cm³/mol. The molecule has 4 nitrogen and oxygen atoms in total. The summed E-state index contributed by atoms with van der Waals surface area (Å²) in [5.74, 6) is 0. The van der Waals surface area contributed by atoms with Crippen LogP contribution in [0.3, 0.4) is 0 Å². The monoisotopic (exact) mass is 594 g/mol. The van der Waals surface area contributed by atoms with Crippen molar-refractivity contribution < 1.29 is 43.6 Å². The summed E-state index contributed by atoms with van der Waals surface area (Å²) in [6, 6.07) is 0. The van der Waals surface area contributed by atoms with Gasteiger partial charge in [0.2, 0.25) is 0 Å². The third-order valence-electron chi connectivity index (χ3n) is 5.01. The summed E-state index contributed by atoms with van der Waals surface area (Å²) in [7, 11) is -4.47. The van der Waals surface area contributed by atoms with Crippen LogP contribution in [0, 0.1) is 0 Å². The van der Waals surface area contributed by atoms with Crippen LogP contribution in [0.1, 0.15) is 89.5 Å². The fraction of sp³-hybridized carbons (Fsp3) is 0.840. The van der Waals surface area contributed by atoms with Crippen molar-refractivity contribution >= 4 is 17.0 Å². The summed E-state index contributed by atoms with van der Waals surface area (Å²) in [5, 5.41) is 0. The second-order valence-electron chi connectivity index (χ2n) is 14.0. The van der Waals surface area contributed by atoms with Gasteiger partial charge in [-0.05, 0) is 0 Å². The van der Waals surface area contributed by atoms with Crippen LogP contribution in [-0.4, -0.2) is 44.3 Å². The SMILES string of the molecule is CC(C)(C)O[Si](C)(C)[N]([Zr+]([C]1=CC=CC1)[N](C(C)(C)C)[Si](C)(C)OC(C)(C)C)C(C)(C)C.[Cl-]. The molecule has 33 heavy (non-hydrogen) atoms. The maximum atomic E-state index is 6.95. The molecule has 0 unspecified atom stereocenters. The molecule has 1 rings (SSSR count). The minimum Gasteiger partial charge on any atom is -1.00 e. The normalized spacial score (nSPS) is 16.4. The van der Waals surface area contributed by atoms with Gasteiger partial charge >= 0.3 is 213 Å². The van der Waals surface area contributed by atoms with Crippen LogP contribution in [0.25, 0.3) is 0 Å². The Morgan fingerprint density at radius 1 is 0.697 bits per heavy atom. The zero-order valence-corrected chi connectivity index (χ0v) is 29.7. The van der Waals surface area contributed by atoms with Gasteiger partial charge in [0.05, 0.1) is 0 Å². The Kier molecular flexibility index (Phi) is 11.4. The van der Waals surface area contributed by atoms with Gasteiger partial charge in [-0.25, -0.2) is 0 Å². The quantitative estimate of drug-likeness (QED) is 0.404. The Bertz CT molecular complexity index is 666. The van der Waals surface area contributed by atoms with Crippen molar-refractivity contribution in [3.8, 4) is 0 Å². The van der Waals surface area contributed by atoms with Crippen molar-refractivity contribution in [2.24, 2.45) is 0 Å². The van der Waals surface area contributed by atoms with Gasteiger partial charge in [0.25, 0.3) is 0 Å². The van der Waals surface area contributed by atoms with E-state index in [0.717, 1.165) is 6.42 Å². The van der Waals surface area contributed by atoms with Gasteiger partial charge in [-0.1, -0.05) is 0 Å². The van der Waals surface area contributed by atoms with E-state index in [1.54, 1.807) is 3.28 Å². The number of nitrogens with zero attached hydrogens (tertiary/aromatic N) is 2. The molecule has 0 aromatic heterocycles. The fourth-order valence-electron chi connectivity index (χ4n) is 5.35. The standard InChI is InChI=1S/2C10H24NOSi.C5H5.ClH.Zr/c2*1-9(2,3)11-13(7,8)12-10(4,5)6;1-2-4-5-3-1;;/h2*1-8H3;1-3H,4H2;1H;/q2*-1;;;+3/p-1. The molecule has 0 atom stereocenters. The van der Waals surface area contributed by atoms with Crippen LogP contribution in [0.2, 0.25) is 26.2 Å². The fourth-order valence-corrected chi connectivity index (χ4v) is 30.8. The molecule has 0 aromatic carbocycles. The van der Waals surface area contributed by atoms with Crippen molar-refractivity contribution in [2.45, 2.75) is 138 Å². The van der Waals surface area contributed by atoms with Gasteiger partial charge in [-0.3, -0.25) is 0 Å². The maximum Gasteiger partial charge on any atom is -1.00 e. The topological polar surface area (TPSA) is 24.9 Å². The van der Waals surface area contributed by atoms with E-state index >= 15 is 0 Å². The number of hydrogen-bond acceptors (Lipinski definition) is 4. The van der Waals surface area contributed by atoms with E-state index in [-0.39, 0.29) is 34.7 Å². The van der Waals surface area contributed by atoms with Crippen LogP contribution < -0.4 is 12.4 Å². The molecule has 0 N–H and O–H groups in total. The van der Waals surface area contributed by atoms with E-state index in [4.69, 9.17) is 8.85 Å². The van der Waals surface area contributed by atoms with Gasteiger partial charge < -0.3 is 12.4 Å². The van der Waals surface area contributed by atoms with Crippen molar-refractivity contribution in [1.82, 2.24) is 5.02 Å². The van der Waals surface area contributed by atoms with Crippen LogP contribution in [-0.2, 0) is 31.2 Å². The van der Waals surface area contributed by atoms with Crippen molar-refractivity contribution in [2.75, 3.05) is 0 Å². The van der Waals surface area contributed by atoms with Crippen molar-refractivity contribution in [3.63, 3.8) is 0 Å². The first kappa shape index (κ1) is 33.9. The van der Waals surface area contributed by atoms with Gasteiger partial charge in [0, 0.05) is 0 Å². The molecule has 0 heterocycles. The second kappa shape index (κ2) is 11.1. The molecular formula is C25H53ClN2O2Si2Zr. The second-order valence-corrected chi connectivity index (χ2v) is 28.6. The third-order valence-corrected chi connectivity index (χ3v) is 28.9. The summed E-state index contributed by atoms with van der Waals surface area (Å²) in [6.07, 6.45) is 8.06. The van der Waals surface area contributed by atoms with Crippen molar-refractivity contribution in [3.05, 3.63) is 21.5 Å². The first-order valence-corrected chi connectivity index (χ1v) is 21.3. The van der Waals surface area contributed by atoms with E-state index in [1.807, 2.05) is 0 Å². The zero-order chi connectivity index (χ0) is 25.6. The molecule has 0 bridgehead atoms. The summed E-state index contributed by atoms with van der Waals surface area (Å²) in [6.45, 7) is 37.2. The van der Waals surface area contributed by atoms with E-state index in [9.17, 15) is 0 Å². The number of allylic oxidation sites excluding steroid dienone is 4. The number of halogens is 1. The average Bonchev–Trinajstić information content (AvgIpc) is 2.90. The molecular weight excluding hydrogens is 543 g/mol. The molecule has 0 saturated carbocycles. The molecule has 0 aliphatic heterocycles. The molecule has 0 spiro atoms. The summed E-state index contributed by atoms with van der Waals surface area (Å²) in [4.78, 5) is 0. The molecule has 0 fully saturated rings. The van der Waals surface area contributed by atoms with Gasteiger partial charge in [-0.15, -0.1) is 0 Å². The maximum absolute atomic E-state index is 6.95. The molecule has 0 saturated heterocycles. The Balaban J connectivity index is 0.0000102. The largest absolute Gasteiger partial charge is 1.00 e. The minimum atomic E-state index is -2.67. The average molecular weight is 597 g/mol. The van der Waals surface area contributed by atoms with Crippen LogP contribution in [0.5, 0.6) is 0 Å². The minimum absolute atomic E-state index is 0. The Hall–Kier alpha value is 0.927. The van der Waals surface area contributed by atoms with Gasteiger partial charge in [0.1, 0.15) is 0 Å². The van der Waals surface area contributed by atoms with Gasteiger partial charge in [-0.2, -0.15) is 0 Å². The Morgan fingerprint density at radius 2 is 1.03 bits per heavy atom. The molecule has 0 amide bonds. The van der Waals surface area contributed by atoms with Crippen LogP contribution in [0.15, 0.2) is 21.5 Å². The Labute approximate surface area is 223 Å². The number of rotatable bonds is 7.